The van der Waals surface area contributed by atoms with Gasteiger partial charge in [-0.2, -0.15) is 0 Å². The van der Waals surface area contributed by atoms with Crippen molar-refractivity contribution >= 4 is 11.8 Å². The predicted octanol–water partition coefficient (Wildman–Crippen LogP) is 3.01. The van der Waals surface area contributed by atoms with Crippen LogP contribution in [-0.2, 0) is 16.1 Å². The zero-order valence-corrected chi connectivity index (χ0v) is 13.8. The van der Waals surface area contributed by atoms with Crippen LogP contribution in [0.2, 0.25) is 0 Å². The van der Waals surface area contributed by atoms with Gasteiger partial charge in [0.15, 0.2) is 0 Å². The summed E-state index contributed by atoms with van der Waals surface area (Å²) in [5, 5.41) is 3.01. The first kappa shape index (κ1) is 17.4. The first-order valence-electron chi connectivity index (χ1n) is 8.36. The van der Waals surface area contributed by atoms with Gasteiger partial charge in [-0.1, -0.05) is 38.0 Å². The first-order valence-corrected chi connectivity index (χ1v) is 8.36. The highest BCUT2D eigenvalue weighted by Gasteiger charge is 2.28. The van der Waals surface area contributed by atoms with E-state index in [0.717, 1.165) is 25.7 Å². The van der Waals surface area contributed by atoms with Crippen molar-refractivity contribution in [2.24, 2.45) is 0 Å². The lowest BCUT2D eigenvalue weighted by molar-refractivity contribution is -0.140. The second kappa shape index (κ2) is 8.09. The van der Waals surface area contributed by atoms with E-state index in [1.165, 1.54) is 11.0 Å². The third-order valence-electron chi connectivity index (χ3n) is 4.47. The summed E-state index contributed by atoms with van der Waals surface area (Å²) in [5.41, 5.74) is 0.426. The minimum absolute atomic E-state index is 0.110. The fourth-order valence-corrected chi connectivity index (χ4v) is 2.99. The Morgan fingerprint density at radius 3 is 2.57 bits per heavy atom. The van der Waals surface area contributed by atoms with E-state index in [2.05, 4.69) is 5.32 Å². The molecule has 1 aliphatic carbocycles. The fourth-order valence-electron chi connectivity index (χ4n) is 2.99. The Morgan fingerprint density at radius 2 is 1.96 bits per heavy atom. The monoisotopic (exact) mass is 320 g/mol. The van der Waals surface area contributed by atoms with Crippen molar-refractivity contribution in [1.29, 1.82) is 0 Å². The zero-order chi connectivity index (χ0) is 16.8. The Balaban J connectivity index is 2.08. The van der Waals surface area contributed by atoms with E-state index >= 15 is 0 Å². The third kappa shape index (κ3) is 4.53. The van der Waals surface area contributed by atoms with E-state index in [-0.39, 0.29) is 36.6 Å². The smallest absolute Gasteiger partial charge is 0.242 e. The van der Waals surface area contributed by atoms with Crippen molar-refractivity contribution in [1.82, 2.24) is 10.2 Å². The summed E-state index contributed by atoms with van der Waals surface area (Å²) in [4.78, 5) is 26.1. The van der Waals surface area contributed by atoms with Crippen molar-refractivity contribution in [3.63, 3.8) is 0 Å². The van der Waals surface area contributed by atoms with Gasteiger partial charge in [0.2, 0.25) is 11.8 Å². The van der Waals surface area contributed by atoms with Gasteiger partial charge in [0.1, 0.15) is 11.9 Å². The molecule has 1 saturated carbocycles. The van der Waals surface area contributed by atoms with Gasteiger partial charge in [-0.3, -0.25) is 9.59 Å². The summed E-state index contributed by atoms with van der Waals surface area (Å²) in [6.07, 6.45) is 4.54. The molecule has 0 bridgehead atoms. The Bertz CT molecular complexity index is 556. The summed E-state index contributed by atoms with van der Waals surface area (Å²) in [6, 6.07) is 5.96. The summed E-state index contributed by atoms with van der Waals surface area (Å²) in [7, 11) is 0. The summed E-state index contributed by atoms with van der Waals surface area (Å²) < 4.78 is 13.9. The van der Waals surface area contributed by atoms with Crippen molar-refractivity contribution in [2.45, 2.75) is 64.6 Å². The number of halogens is 1. The number of benzene rings is 1. The van der Waals surface area contributed by atoms with E-state index in [4.69, 9.17) is 0 Å². The second-order valence-electron chi connectivity index (χ2n) is 6.13. The van der Waals surface area contributed by atoms with Crippen LogP contribution >= 0.6 is 0 Å². The molecule has 0 heterocycles. The Hall–Kier alpha value is -1.91. The van der Waals surface area contributed by atoms with Crippen LogP contribution in [-0.4, -0.2) is 28.8 Å². The third-order valence-corrected chi connectivity index (χ3v) is 4.47. The molecule has 0 aliphatic heterocycles. The molecule has 23 heavy (non-hydrogen) atoms. The Morgan fingerprint density at radius 1 is 1.30 bits per heavy atom. The van der Waals surface area contributed by atoms with Crippen LogP contribution in [0, 0.1) is 5.82 Å². The lowest BCUT2D eigenvalue weighted by Gasteiger charge is -2.29. The second-order valence-corrected chi connectivity index (χ2v) is 6.13. The van der Waals surface area contributed by atoms with E-state index in [9.17, 15) is 14.0 Å². The van der Waals surface area contributed by atoms with Gasteiger partial charge in [0.25, 0.3) is 0 Å². The molecule has 0 radical (unpaired) electrons. The molecule has 0 aromatic heterocycles. The number of hydrogen-bond acceptors (Lipinski definition) is 2. The van der Waals surface area contributed by atoms with Crippen LogP contribution in [0.25, 0.3) is 0 Å². The van der Waals surface area contributed by atoms with Crippen LogP contribution in [0.1, 0.15) is 51.5 Å². The quantitative estimate of drug-likeness (QED) is 0.876. The molecular weight excluding hydrogens is 295 g/mol. The number of nitrogens with one attached hydrogen (secondary N) is 1. The van der Waals surface area contributed by atoms with E-state index in [0.29, 0.717) is 5.56 Å². The molecule has 1 fully saturated rings. The average molecular weight is 320 g/mol. The standard InChI is InChI=1S/C18H25FN2O2/c1-3-17(22)21(12-14-8-4-7-11-16(14)19)13(2)18(23)20-15-9-5-6-10-15/h4,7-8,11,13,15H,3,5-6,9-10,12H2,1-2H3,(H,20,23)/t13-/m0/s1. The molecular formula is C18H25FN2O2. The van der Waals surface area contributed by atoms with E-state index in [1.54, 1.807) is 32.0 Å². The molecule has 1 aliphatic rings. The molecule has 1 aromatic carbocycles. The largest absolute Gasteiger partial charge is 0.352 e. The van der Waals surface area contributed by atoms with Crippen molar-refractivity contribution in [3.05, 3.63) is 35.6 Å². The highest BCUT2D eigenvalue weighted by atomic mass is 19.1. The van der Waals surface area contributed by atoms with Crippen LogP contribution in [0.4, 0.5) is 4.39 Å². The molecule has 1 aromatic rings. The lowest BCUT2D eigenvalue weighted by Crippen LogP contribution is -2.49. The highest BCUT2D eigenvalue weighted by molar-refractivity contribution is 5.87. The average Bonchev–Trinajstić information content (AvgIpc) is 3.05. The number of amides is 2. The molecule has 5 heteroatoms. The van der Waals surface area contributed by atoms with Gasteiger partial charge < -0.3 is 10.2 Å². The summed E-state index contributed by atoms with van der Waals surface area (Å²) in [5.74, 6) is -0.665. The molecule has 126 valence electrons. The van der Waals surface area contributed by atoms with E-state index in [1.807, 2.05) is 0 Å². The first-order chi connectivity index (χ1) is 11.0. The van der Waals surface area contributed by atoms with Crippen LogP contribution in [0.15, 0.2) is 24.3 Å². The Kier molecular flexibility index (Phi) is 6.13. The molecule has 1 atom stereocenters. The van der Waals surface area contributed by atoms with Gasteiger partial charge >= 0.3 is 0 Å². The molecule has 4 nitrogen and oxygen atoms in total. The van der Waals surface area contributed by atoms with Gasteiger partial charge in [-0.15, -0.1) is 0 Å². The Labute approximate surface area is 137 Å². The topological polar surface area (TPSA) is 49.4 Å². The number of nitrogens with zero attached hydrogens (tertiary/aromatic N) is 1. The van der Waals surface area contributed by atoms with Gasteiger partial charge in [0.05, 0.1) is 0 Å². The number of carbonyl (C=O) groups is 2. The summed E-state index contributed by atoms with van der Waals surface area (Å²) in [6.45, 7) is 3.57. The lowest BCUT2D eigenvalue weighted by atomic mass is 10.1. The van der Waals surface area contributed by atoms with Crippen LogP contribution in [0.3, 0.4) is 0 Å². The number of rotatable bonds is 6. The molecule has 1 N–H and O–H groups in total. The summed E-state index contributed by atoms with van der Waals surface area (Å²) >= 11 is 0. The van der Waals surface area contributed by atoms with Crippen molar-refractivity contribution < 1.29 is 14.0 Å². The van der Waals surface area contributed by atoms with Crippen molar-refractivity contribution in [2.75, 3.05) is 0 Å². The molecule has 0 spiro atoms. The molecule has 2 rings (SSSR count). The van der Waals surface area contributed by atoms with Gasteiger partial charge in [-0.25, -0.2) is 4.39 Å². The van der Waals surface area contributed by atoms with Gasteiger partial charge in [-0.05, 0) is 25.8 Å². The maximum Gasteiger partial charge on any atom is 0.242 e. The minimum atomic E-state index is -0.609. The normalized spacial score (nSPS) is 16.1. The fraction of sp³-hybridized carbons (Fsp3) is 0.556. The molecule has 0 unspecified atom stereocenters. The molecule has 2 amide bonds. The highest BCUT2D eigenvalue weighted by Crippen LogP contribution is 2.19. The predicted molar refractivity (Wildman–Crippen MR) is 87.1 cm³/mol. The minimum Gasteiger partial charge on any atom is -0.352 e. The maximum atomic E-state index is 13.9. The molecule has 0 saturated heterocycles. The van der Waals surface area contributed by atoms with Crippen LogP contribution < -0.4 is 5.32 Å². The van der Waals surface area contributed by atoms with E-state index < -0.39 is 6.04 Å². The maximum absolute atomic E-state index is 13.9. The van der Waals surface area contributed by atoms with Crippen LogP contribution in [0.5, 0.6) is 0 Å². The SMILES string of the molecule is CCC(=O)N(Cc1ccccc1F)[C@@H](C)C(=O)NC1CCCC1. The zero-order valence-electron chi connectivity index (χ0n) is 13.8. The number of carbonyl (C=O) groups excluding carboxylic acids is 2. The van der Waals surface area contributed by atoms with Crippen molar-refractivity contribution in [3.8, 4) is 0 Å². The number of hydrogen-bond donors (Lipinski definition) is 1. The van der Waals surface area contributed by atoms with Gasteiger partial charge in [0, 0.05) is 24.6 Å².